The van der Waals surface area contributed by atoms with Crippen molar-refractivity contribution < 1.29 is 4.74 Å². The van der Waals surface area contributed by atoms with Crippen LogP contribution < -0.4 is 15.6 Å². The zero-order valence-electron chi connectivity index (χ0n) is 16.9. The van der Waals surface area contributed by atoms with Crippen molar-refractivity contribution in [1.82, 2.24) is 25.0 Å². The summed E-state index contributed by atoms with van der Waals surface area (Å²) in [7, 11) is 1.62. The Balaban J connectivity index is 1.41. The van der Waals surface area contributed by atoms with E-state index in [-0.39, 0.29) is 5.56 Å². The van der Waals surface area contributed by atoms with Crippen molar-refractivity contribution in [3.63, 3.8) is 0 Å². The Labute approximate surface area is 173 Å². The predicted octanol–water partition coefficient (Wildman–Crippen LogP) is 2.68. The predicted molar refractivity (Wildman–Crippen MR) is 111 cm³/mol. The largest absolute Gasteiger partial charge is 0.476 e. The number of nitrogens with one attached hydrogen (secondary N) is 1. The molecule has 0 saturated heterocycles. The topological polar surface area (TPSA) is 94.8 Å². The quantitative estimate of drug-likeness (QED) is 0.637. The monoisotopic (exact) mass is 412 g/mol. The average molecular weight is 413 g/mol. The number of aryl methyl sites for hydroxylation is 3. The van der Waals surface area contributed by atoms with Crippen LogP contribution in [0.25, 0.3) is 0 Å². The fourth-order valence-electron chi connectivity index (χ4n) is 3.58. The second kappa shape index (κ2) is 7.90. The van der Waals surface area contributed by atoms with Crippen molar-refractivity contribution in [2.75, 3.05) is 11.9 Å². The average Bonchev–Trinajstić information content (AvgIpc) is 3.14. The van der Waals surface area contributed by atoms with Gasteiger partial charge in [0.2, 0.25) is 5.88 Å². The van der Waals surface area contributed by atoms with Gasteiger partial charge < -0.3 is 10.1 Å². The van der Waals surface area contributed by atoms with Crippen LogP contribution in [0.3, 0.4) is 0 Å². The minimum absolute atomic E-state index is 0.208. The van der Waals surface area contributed by atoms with E-state index in [9.17, 15) is 4.79 Å². The summed E-state index contributed by atoms with van der Waals surface area (Å²) >= 11 is 1.50. The fourth-order valence-corrected chi connectivity index (χ4v) is 4.23. The molecule has 8 nitrogen and oxygen atoms in total. The molecule has 1 saturated carbocycles. The lowest BCUT2D eigenvalue weighted by atomic mass is 10.2. The van der Waals surface area contributed by atoms with Crippen molar-refractivity contribution in [3.8, 4) is 5.88 Å². The number of hydrogen-bond acceptors (Lipinski definition) is 8. The molecule has 0 aliphatic heterocycles. The summed E-state index contributed by atoms with van der Waals surface area (Å²) in [5, 5.41) is 17.1. The second-order valence-corrected chi connectivity index (χ2v) is 8.72. The Kier molecular flexibility index (Phi) is 5.31. The van der Waals surface area contributed by atoms with Gasteiger partial charge in [-0.3, -0.25) is 9.78 Å². The molecule has 1 aliphatic rings. The molecule has 0 radical (unpaired) electrons. The SMILES string of the molecule is Cc1cccc(C2C(C)C2COc2cc(NCc3nnc(C)s3)c(=O)n(C)n2)n1. The van der Waals surface area contributed by atoms with E-state index < -0.39 is 0 Å². The van der Waals surface area contributed by atoms with Gasteiger partial charge in [0.25, 0.3) is 5.56 Å². The molecule has 1 fully saturated rings. The molecule has 9 heteroatoms. The van der Waals surface area contributed by atoms with E-state index in [4.69, 9.17) is 4.74 Å². The van der Waals surface area contributed by atoms with E-state index in [1.807, 2.05) is 26.0 Å². The van der Waals surface area contributed by atoms with E-state index in [1.165, 1.54) is 16.0 Å². The summed E-state index contributed by atoms with van der Waals surface area (Å²) in [6.45, 7) is 7.10. The molecule has 1 N–H and O–H groups in total. The highest BCUT2D eigenvalue weighted by atomic mass is 32.1. The molecule has 0 spiro atoms. The molecule has 3 unspecified atom stereocenters. The minimum Gasteiger partial charge on any atom is -0.476 e. The van der Waals surface area contributed by atoms with Gasteiger partial charge in [-0.15, -0.1) is 15.3 Å². The Morgan fingerprint density at radius 3 is 2.83 bits per heavy atom. The van der Waals surface area contributed by atoms with E-state index >= 15 is 0 Å². The van der Waals surface area contributed by atoms with Crippen molar-refractivity contribution in [2.45, 2.75) is 33.2 Å². The van der Waals surface area contributed by atoms with Crippen molar-refractivity contribution in [2.24, 2.45) is 18.9 Å². The lowest BCUT2D eigenvalue weighted by molar-refractivity contribution is 0.273. The number of ether oxygens (including phenoxy) is 1. The van der Waals surface area contributed by atoms with Crippen molar-refractivity contribution in [1.29, 1.82) is 0 Å². The van der Waals surface area contributed by atoms with Crippen LogP contribution in [-0.2, 0) is 13.6 Å². The number of rotatable bonds is 7. The van der Waals surface area contributed by atoms with Crippen molar-refractivity contribution in [3.05, 3.63) is 56.0 Å². The van der Waals surface area contributed by atoms with Crippen LogP contribution in [0.1, 0.15) is 34.2 Å². The zero-order chi connectivity index (χ0) is 20.5. The maximum absolute atomic E-state index is 12.4. The molecule has 3 atom stereocenters. The molecule has 152 valence electrons. The standard InChI is InChI=1S/C20H24N6O2S/c1-11-6-5-7-15(22-11)19-12(2)14(19)10-28-17-8-16(20(27)26(4)25-17)21-9-18-24-23-13(3)29-18/h5-8,12,14,19,21H,9-10H2,1-4H3. The molecular weight excluding hydrogens is 388 g/mol. The Bertz CT molecular complexity index is 1080. The lowest BCUT2D eigenvalue weighted by Gasteiger charge is -2.10. The van der Waals surface area contributed by atoms with Crippen LogP contribution >= 0.6 is 11.3 Å². The number of pyridine rings is 1. The maximum Gasteiger partial charge on any atom is 0.290 e. The Hall–Kier alpha value is -2.81. The van der Waals surface area contributed by atoms with Crippen LogP contribution in [0, 0.1) is 25.7 Å². The molecular formula is C20H24N6O2S. The molecule has 3 heterocycles. The second-order valence-electron chi connectivity index (χ2n) is 7.46. The molecule has 3 aromatic heterocycles. The first-order chi connectivity index (χ1) is 13.9. The highest BCUT2D eigenvalue weighted by molar-refractivity contribution is 7.11. The van der Waals surface area contributed by atoms with Crippen LogP contribution in [0.4, 0.5) is 5.69 Å². The summed E-state index contributed by atoms with van der Waals surface area (Å²) in [6, 6.07) is 7.79. The summed E-state index contributed by atoms with van der Waals surface area (Å²) in [5.74, 6) is 1.73. The normalized spacial score (nSPS) is 20.5. The van der Waals surface area contributed by atoms with Gasteiger partial charge >= 0.3 is 0 Å². The van der Waals surface area contributed by atoms with Crippen molar-refractivity contribution >= 4 is 17.0 Å². The molecule has 29 heavy (non-hydrogen) atoms. The molecule has 3 aromatic rings. The third-order valence-corrected chi connectivity index (χ3v) is 6.11. The van der Waals surface area contributed by atoms with E-state index in [0.29, 0.717) is 42.5 Å². The van der Waals surface area contributed by atoms with Crippen LogP contribution in [0.2, 0.25) is 0 Å². The molecule has 0 bridgehead atoms. The van der Waals surface area contributed by atoms with Gasteiger partial charge in [0.1, 0.15) is 15.7 Å². The first-order valence-electron chi connectivity index (χ1n) is 9.60. The minimum atomic E-state index is -0.208. The Morgan fingerprint density at radius 2 is 2.10 bits per heavy atom. The van der Waals surface area contributed by atoms with Gasteiger partial charge in [0, 0.05) is 36.3 Å². The summed E-state index contributed by atoms with van der Waals surface area (Å²) in [5.41, 5.74) is 2.38. The lowest BCUT2D eigenvalue weighted by Crippen LogP contribution is -2.24. The number of aromatic nitrogens is 5. The first-order valence-corrected chi connectivity index (χ1v) is 10.4. The van der Waals surface area contributed by atoms with Crippen LogP contribution in [0.15, 0.2) is 29.1 Å². The first kappa shape index (κ1) is 19.5. The van der Waals surface area contributed by atoms with E-state index in [1.54, 1.807) is 13.1 Å². The molecule has 0 aromatic carbocycles. The van der Waals surface area contributed by atoms with Gasteiger partial charge in [-0.1, -0.05) is 24.3 Å². The van der Waals surface area contributed by atoms with Gasteiger partial charge in [-0.05, 0) is 31.9 Å². The summed E-state index contributed by atoms with van der Waals surface area (Å²) < 4.78 is 7.24. The molecule has 1 aliphatic carbocycles. The van der Waals surface area contributed by atoms with Gasteiger partial charge in [-0.25, -0.2) is 4.68 Å². The Morgan fingerprint density at radius 1 is 1.28 bits per heavy atom. The third kappa shape index (κ3) is 4.29. The highest BCUT2D eigenvalue weighted by Gasteiger charge is 2.49. The highest BCUT2D eigenvalue weighted by Crippen LogP contribution is 2.53. The van der Waals surface area contributed by atoms with Crippen LogP contribution in [0.5, 0.6) is 5.88 Å². The van der Waals surface area contributed by atoms with Gasteiger partial charge in [0.15, 0.2) is 0 Å². The fraction of sp³-hybridized carbons (Fsp3) is 0.450. The van der Waals surface area contributed by atoms with E-state index in [0.717, 1.165) is 21.4 Å². The summed E-state index contributed by atoms with van der Waals surface area (Å²) in [6.07, 6.45) is 0. The third-order valence-electron chi connectivity index (χ3n) is 5.28. The molecule has 0 amide bonds. The summed E-state index contributed by atoms with van der Waals surface area (Å²) in [4.78, 5) is 17.0. The van der Waals surface area contributed by atoms with Crippen LogP contribution in [-0.4, -0.2) is 31.6 Å². The van der Waals surface area contributed by atoms with Gasteiger partial charge in [-0.2, -0.15) is 0 Å². The number of anilines is 1. The van der Waals surface area contributed by atoms with E-state index in [2.05, 4.69) is 38.6 Å². The number of hydrogen-bond donors (Lipinski definition) is 1. The number of nitrogens with zero attached hydrogens (tertiary/aromatic N) is 5. The zero-order valence-corrected chi connectivity index (χ0v) is 17.7. The molecule has 4 rings (SSSR count). The van der Waals surface area contributed by atoms with Gasteiger partial charge in [0.05, 0.1) is 13.2 Å². The maximum atomic E-state index is 12.4. The smallest absolute Gasteiger partial charge is 0.290 e.